The molecule has 2 heteroatoms. The van der Waals surface area contributed by atoms with Gasteiger partial charge in [0.15, 0.2) is 0 Å². The van der Waals surface area contributed by atoms with Crippen molar-refractivity contribution in [3.63, 3.8) is 0 Å². The molecule has 0 amide bonds. The molecule has 0 radical (unpaired) electrons. The first-order chi connectivity index (χ1) is 9.43. The van der Waals surface area contributed by atoms with Gasteiger partial charge in [-0.1, -0.05) is 48.5 Å². The first-order valence-corrected chi connectivity index (χ1v) is 6.95. The van der Waals surface area contributed by atoms with Crippen molar-refractivity contribution in [3.05, 3.63) is 65.7 Å². The molecule has 1 N–H and O–H groups in total. The van der Waals surface area contributed by atoms with Crippen molar-refractivity contribution in [2.45, 2.75) is 18.6 Å². The van der Waals surface area contributed by atoms with Crippen LogP contribution in [0.5, 0.6) is 0 Å². The SMILES string of the molecule is c1ccc([C@@H]2Nc3ccccc3C3OCCC32)cc1. The third-order valence-corrected chi connectivity index (χ3v) is 4.30. The van der Waals surface area contributed by atoms with Gasteiger partial charge in [0.25, 0.3) is 0 Å². The fourth-order valence-electron chi connectivity index (χ4n) is 3.41. The van der Waals surface area contributed by atoms with Gasteiger partial charge in [-0.05, 0) is 18.1 Å². The number of para-hydroxylation sites is 1. The summed E-state index contributed by atoms with van der Waals surface area (Å²) in [6.07, 6.45) is 1.38. The maximum Gasteiger partial charge on any atom is 0.0896 e. The molecule has 2 unspecified atom stereocenters. The van der Waals surface area contributed by atoms with E-state index in [9.17, 15) is 0 Å². The number of rotatable bonds is 1. The number of ether oxygens (including phenoxy) is 1. The van der Waals surface area contributed by atoms with E-state index < -0.39 is 0 Å². The van der Waals surface area contributed by atoms with Gasteiger partial charge in [0.05, 0.1) is 12.1 Å². The average molecular weight is 251 g/mol. The molecule has 2 nitrogen and oxygen atoms in total. The molecule has 4 rings (SSSR count). The zero-order valence-electron chi connectivity index (χ0n) is 10.8. The van der Waals surface area contributed by atoms with E-state index in [0.29, 0.717) is 12.0 Å². The third-order valence-electron chi connectivity index (χ3n) is 4.30. The fourth-order valence-corrected chi connectivity index (χ4v) is 3.41. The van der Waals surface area contributed by atoms with Gasteiger partial charge in [-0.3, -0.25) is 0 Å². The summed E-state index contributed by atoms with van der Waals surface area (Å²) in [7, 11) is 0. The predicted octanol–water partition coefficient (Wildman–Crippen LogP) is 3.93. The van der Waals surface area contributed by atoms with Gasteiger partial charge in [-0.2, -0.15) is 0 Å². The van der Waals surface area contributed by atoms with E-state index in [4.69, 9.17) is 4.74 Å². The van der Waals surface area contributed by atoms with E-state index in [1.165, 1.54) is 16.8 Å². The number of fused-ring (bicyclic) bond motifs is 3. The molecule has 2 aromatic rings. The zero-order chi connectivity index (χ0) is 12.7. The van der Waals surface area contributed by atoms with E-state index in [1.807, 2.05) is 0 Å². The smallest absolute Gasteiger partial charge is 0.0896 e. The first-order valence-electron chi connectivity index (χ1n) is 6.95. The van der Waals surface area contributed by atoms with Crippen LogP contribution in [0.3, 0.4) is 0 Å². The molecule has 0 aromatic heterocycles. The highest BCUT2D eigenvalue weighted by atomic mass is 16.5. The van der Waals surface area contributed by atoms with E-state index in [2.05, 4.69) is 59.9 Å². The second-order valence-electron chi connectivity index (χ2n) is 5.36. The van der Waals surface area contributed by atoms with E-state index in [0.717, 1.165) is 13.0 Å². The average Bonchev–Trinajstić information content (AvgIpc) is 2.97. The largest absolute Gasteiger partial charge is 0.378 e. The topological polar surface area (TPSA) is 21.3 Å². The summed E-state index contributed by atoms with van der Waals surface area (Å²) in [6, 6.07) is 19.6. The Kier molecular flexibility index (Phi) is 2.56. The van der Waals surface area contributed by atoms with Gasteiger partial charge in [0, 0.05) is 23.8 Å². The van der Waals surface area contributed by atoms with Gasteiger partial charge in [0.2, 0.25) is 0 Å². The summed E-state index contributed by atoms with van der Waals surface area (Å²) >= 11 is 0. The molecule has 19 heavy (non-hydrogen) atoms. The molecule has 1 saturated heterocycles. The lowest BCUT2D eigenvalue weighted by Gasteiger charge is -2.36. The van der Waals surface area contributed by atoms with Crippen LogP contribution in [-0.2, 0) is 4.74 Å². The van der Waals surface area contributed by atoms with E-state index in [-0.39, 0.29) is 6.10 Å². The Bertz CT molecular complexity index is 581. The second-order valence-corrected chi connectivity index (χ2v) is 5.36. The number of benzene rings is 2. The molecule has 0 bridgehead atoms. The van der Waals surface area contributed by atoms with Crippen LogP contribution in [0.2, 0.25) is 0 Å². The normalized spacial score (nSPS) is 28.3. The molecule has 0 spiro atoms. The highest BCUT2D eigenvalue weighted by molar-refractivity contribution is 5.57. The Balaban J connectivity index is 1.79. The summed E-state index contributed by atoms with van der Waals surface area (Å²) in [5, 5.41) is 3.70. The Morgan fingerprint density at radius 1 is 0.947 bits per heavy atom. The Hall–Kier alpha value is -1.80. The molecule has 2 heterocycles. The van der Waals surface area contributed by atoms with Crippen molar-refractivity contribution < 1.29 is 4.74 Å². The van der Waals surface area contributed by atoms with Crippen molar-refractivity contribution in [2.24, 2.45) is 5.92 Å². The minimum Gasteiger partial charge on any atom is -0.378 e. The fraction of sp³-hybridized carbons (Fsp3) is 0.294. The van der Waals surface area contributed by atoms with Gasteiger partial charge in [0.1, 0.15) is 0 Å². The predicted molar refractivity (Wildman–Crippen MR) is 76.0 cm³/mol. The molecule has 3 atom stereocenters. The molecule has 2 aliphatic heterocycles. The Labute approximate surface area is 113 Å². The van der Waals surface area contributed by atoms with Crippen LogP contribution >= 0.6 is 0 Å². The molecule has 2 aromatic carbocycles. The number of hydrogen-bond donors (Lipinski definition) is 1. The highest BCUT2D eigenvalue weighted by Crippen LogP contribution is 2.49. The summed E-state index contributed by atoms with van der Waals surface area (Å²) in [6.45, 7) is 0.870. The van der Waals surface area contributed by atoms with Crippen molar-refractivity contribution in [1.82, 2.24) is 0 Å². The second kappa shape index (κ2) is 4.39. The Morgan fingerprint density at radius 3 is 2.63 bits per heavy atom. The summed E-state index contributed by atoms with van der Waals surface area (Å²) < 4.78 is 6.00. The monoisotopic (exact) mass is 251 g/mol. The zero-order valence-corrected chi connectivity index (χ0v) is 10.8. The van der Waals surface area contributed by atoms with Crippen molar-refractivity contribution in [1.29, 1.82) is 0 Å². The minimum absolute atomic E-state index is 0.252. The number of hydrogen-bond acceptors (Lipinski definition) is 2. The summed E-state index contributed by atoms with van der Waals surface area (Å²) in [4.78, 5) is 0. The van der Waals surface area contributed by atoms with Gasteiger partial charge in [-0.25, -0.2) is 0 Å². The molecule has 1 fully saturated rings. The lowest BCUT2D eigenvalue weighted by atomic mass is 9.81. The number of nitrogens with one attached hydrogen (secondary N) is 1. The van der Waals surface area contributed by atoms with Crippen LogP contribution in [0, 0.1) is 5.92 Å². The van der Waals surface area contributed by atoms with Crippen molar-refractivity contribution >= 4 is 5.69 Å². The van der Waals surface area contributed by atoms with E-state index in [1.54, 1.807) is 0 Å². The molecule has 0 aliphatic carbocycles. The molecule has 2 aliphatic rings. The van der Waals surface area contributed by atoms with Crippen LogP contribution in [-0.4, -0.2) is 6.61 Å². The van der Waals surface area contributed by atoms with Gasteiger partial charge in [-0.15, -0.1) is 0 Å². The molecular formula is C17H17NO. The number of anilines is 1. The van der Waals surface area contributed by atoms with Crippen LogP contribution in [0.1, 0.15) is 29.7 Å². The van der Waals surface area contributed by atoms with Gasteiger partial charge < -0.3 is 10.1 Å². The molecule has 96 valence electrons. The Morgan fingerprint density at radius 2 is 1.74 bits per heavy atom. The third kappa shape index (κ3) is 1.75. The highest BCUT2D eigenvalue weighted by Gasteiger charge is 2.41. The summed E-state index contributed by atoms with van der Waals surface area (Å²) in [5.41, 5.74) is 3.90. The maximum atomic E-state index is 6.00. The van der Waals surface area contributed by atoms with Crippen LogP contribution in [0.15, 0.2) is 54.6 Å². The van der Waals surface area contributed by atoms with E-state index >= 15 is 0 Å². The van der Waals surface area contributed by atoms with Crippen LogP contribution < -0.4 is 5.32 Å². The minimum atomic E-state index is 0.252. The lowest BCUT2D eigenvalue weighted by Crippen LogP contribution is -2.29. The van der Waals surface area contributed by atoms with Crippen LogP contribution in [0.4, 0.5) is 5.69 Å². The van der Waals surface area contributed by atoms with Crippen LogP contribution in [0.25, 0.3) is 0 Å². The summed E-state index contributed by atoms with van der Waals surface area (Å²) in [5.74, 6) is 0.539. The first kappa shape index (κ1) is 11.1. The quantitative estimate of drug-likeness (QED) is 0.829. The standard InChI is InChI=1S/C17H17NO/c1-2-6-12(7-3-1)16-14-10-11-19-17(14)13-8-4-5-9-15(13)18-16/h1-9,14,16-18H,10-11H2/t14?,16-,17?/m0/s1. The maximum absolute atomic E-state index is 6.00. The lowest BCUT2D eigenvalue weighted by molar-refractivity contribution is 0.0829. The van der Waals surface area contributed by atoms with Gasteiger partial charge >= 0.3 is 0 Å². The molecular weight excluding hydrogens is 234 g/mol. The van der Waals surface area contributed by atoms with Crippen molar-refractivity contribution in [2.75, 3.05) is 11.9 Å². The van der Waals surface area contributed by atoms with Crippen molar-refractivity contribution in [3.8, 4) is 0 Å². The molecule has 0 saturated carbocycles.